The van der Waals surface area contributed by atoms with E-state index in [0.29, 0.717) is 16.6 Å². The van der Waals surface area contributed by atoms with Gasteiger partial charge in [0, 0.05) is 24.1 Å². The van der Waals surface area contributed by atoms with Gasteiger partial charge in [-0.3, -0.25) is 9.78 Å². The number of amides is 1. The number of hydrogen-bond donors (Lipinski definition) is 0. The van der Waals surface area contributed by atoms with Gasteiger partial charge in [0.25, 0.3) is 5.91 Å². The molecule has 1 aliphatic rings. The van der Waals surface area contributed by atoms with Crippen LogP contribution in [-0.2, 0) is 0 Å². The maximum absolute atomic E-state index is 12.2. The highest BCUT2D eigenvalue weighted by atomic mass is 79.9. The second-order valence-electron chi connectivity index (χ2n) is 4.50. The van der Waals surface area contributed by atoms with Gasteiger partial charge in [0.1, 0.15) is 5.69 Å². The standard InChI is InChI=1S/C13H17BrN2O/c1-16(12-8-3-2-6-10(12)14)13(17)11-7-4-5-9-15-11/h4-5,7,9-10,12H,2-3,6,8H2,1H3. The molecule has 1 heterocycles. The van der Waals surface area contributed by atoms with Crippen molar-refractivity contribution < 1.29 is 4.79 Å². The van der Waals surface area contributed by atoms with Gasteiger partial charge in [0.15, 0.2) is 0 Å². The van der Waals surface area contributed by atoms with Crippen LogP contribution in [-0.4, -0.2) is 33.7 Å². The number of halogens is 1. The van der Waals surface area contributed by atoms with E-state index < -0.39 is 0 Å². The SMILES string of the molecule is CN(C(=O)c1ccccn1)C1CCCCC1Br. The van der Waals surface area contributed by atoms with Gasteiger partial charge >= 0.3 is 0 Å². The summed E-state index contributed by atoms with van der Waals surface area (Å²) in [6.45, 7) is 0. The maximum Gasteiger partial charge on any atom is 0.272 e. The lowest BCUT2D eigenvalue weighted by atomic mass is 9.94. The number of carbonyl (C=O) groups is 1. The molecule has 2 atom stereocenters. The van der Waals surface area contributed by atoms with E-state index in [-0.39, 0.29) is 5.91 Å². The largest absolute Gasteiger partial charge is 0.336 e. The first-order chi connectivity index (χ1) is 8.20. The molecule has 4 heteroatoms. The molecule has 1 aliphatic carbocycles. The molecule has 0 aliphatic heterocycles. The van der Waals surface area contributed by atoms with Crippen molar-refractivity contribution in [1.29, 1.82) is 0 Å². The van der Waals surface area contributed by atoms with Crippen molar-refractivity contribution in [2.24, 2.45) is 0 Å². The minimum atomic E-state index is 0.0157. The van der Waals surface area contributed by atoms with Crippen molar-refractivity contribution in [1.82, 2.24) is 9.88 Å². The summed E-state index contributed by atoms with van der Waals surface area (Å²) < 4.78 is 0. The van der Waals surface area contributed by atoms with Crippen molar-refractivity contribution in [3.8, 4) is 0 Å². The van der Waals surface area contributed by atoms with E-state index in [4.69, 9.17) is 0 Å². The predicted octanol–water partition coefficient (Wildman–Crippen LogP) is 2.86. The summed E-state index contributed by atoms with van der Waals surface area (Å²) in [6.07, 6.45) is 6.33. The molecule has 0 bridgehead atoms. The molecule has 1 amide bonds. The number of aromatic nitrogens is 1. The topological polar surface area (TPSA) is 33.2 Å². The minimum absolute atomic E-state index is 0.0157. The maximum atomic E-state index is 12.2. The van der Waals surface area contributed by atoms with Crippen LogP contribution < -0.4 is 0 Å². The van der Waals surface area contributed by atoms with Crippen molar-refractivity contribution >= 4 is 21.8 Å². The normalized spacial score (nSPS) is 24.4. The molecule has 1 aromatic rings. The molecule has 0 aromatic carbocycles. The Morgan fingerprint density at radius 3 is 2.82 bits per heavy atom. The molecule has 0 radical (unpaired) electrons. The average Bonchev–Trinajstić information content (AvgIpc) is 2.39. The Bertz CT molecular complexity index is 382. The quantitative estimate of drug-likeness (QED) is 0.786. The number of carbonyl (C=O) groups excluding carboxylic acids is 1. The van der Waals surface area contributed by atoms with Crippen molar-refractivity contribution in [3.63, 3.8) is 0 Å². The Labute approximate surface area is 110 Å². The first-order valence-corrected chi connectivity index (χ1v) is 6.94. The smallest absolute Gasteiger partial charge is 0.272 e. The van der Waals surface area contributed by atoms with Gasteiger partial charge < -0.3 is 4.90 Å². The molecule has 0 spiro atoms. The number of rotatable bonds is 2. The summed E-state index contributed by atoms with van der Waals surface area (Å²) in [4.78, 5) is 18.6. The zero-order valence-corrected chi connectivity index (χ0v) is 11.6. The molecule has 1 aromatic heterocycles. The third-order valence-corrected chi connectivity index (χ3v) is 4.42. The molecule has 0 N–H and O–H groups in total. The lowest BCUT2D eigenvalue weighted by molar-refractivity contribution is 0.0699. The minimum Gasteiger partial charge on any atom is -0.336 e. The molecule has 1 saturated carbocycles. The third-order valence-electron chi connectivity index (χ3n) is 3.35. The van der Waals surface area contributed by atoms with E-state index in [1.54, 1.807) is 12.3 Å². The second kappa shape index (κ2) is 5.63. The zero-order chi connectivity index (χ0) is 12.3. The summed E-state index contributed by atoms with van der Waals surface area (Å²) in [5.41, 5.74) is 0.528. The van der Waals surface area contributed by atoms with Gasteiger partial charge in [0.2, 0.25) is 0 Å². The number of nitrogens with zero attached hydrogens (tertiary/aromatic N) is 2. The highest BCUT2D eigenvalue weighted by Crippen LogP contribution is 2.28. The van der Waals surface area contributed by atoms with E-state index in [0.717, 1.165) is 12.8 Å². The van der Waals surface area contributed by atoms with Gasteiger partial charge in [-0.1, -0.05) is 34.8 Å². The van der Waals surface area contributed by atoms with Gasteiger partial charge in [-0.05, 0) is 25.0 Å². The Morgan fingerprint density at radius 1 is 1.41 bits per heavy atom. The van der Waals surface area contributed by atoms with E-state index in [2.05, 4.69) is 20.9 Å². The summed E-state index contributed by atoms with van der Waals surface area (Å²) in [7, 11) is 1.88. The first-order valence-electron chi connectivity index (χ1n) is 6.02. The summed E-state index contributed by atoms with van der Waals surface area (Å²) in [5.74, 6) is 0.0157. The number of pyridine rings is 1. The second-order valence-corrected chi connectivity index (χ2v) is 5.67. The number of hydrogen-bond acceptors (Lipinski definition) is 2. The van der Waals surface area contributed by atoms with E-state index >= 15 is 0 Å². The van der Waals surface area contributed by atoms with Crippen LogP contribution >= 0.6 is 15.9 Å². The van der Waals surface area contributed by atoms with Gasteiger partial charge in [-0.15, -0.1) is 0 Å². The lowest BCUT2D eigenvalue weighted by Gasteiger charge is -2.35. The van der Waals surface area contributed by atoms with Crippen LogP contribution in [0.4, 0.5) is 0 Å². The summed E-state index contributed by atoms with van der Waals surface area (Å²) in [6, 6.07) is 5.73. The Kier molecular flexibility index (Phi) is 4.15. The molecular formula is C13H17BrN2O. The van der Waals surface area contributed by atoms with Crippen molar-refractivity contribution in [3.05, 3.63) is 30.1 Å². The Balaban J connectivity index is 2.09. The highest BCUT2D eigenvalue weighted by molar-refractivity contribution is 9.09. The summed E-state index contributed by atoms with van der Waals surface area (Å²) >= 11 is 3.68. The fraction of sp³-hybridized carbons (Fsp3) is 0.538. The van der Waals surface area contributed by atoms with Crippen LogP contribution in [0.25, 0.3) is 0 Å². The molecule has 3 nitrogen and oxygen atoms in total. The summed E-state index contributed by atoms with van der Waals surface area (Å²) in [5, 5.41) is 0. The van der Waals surface area contributed by atoms with E-state index in [9.17, 15) is 4.79 Å². The first kappa shape index (κ1) is 12.6. The van der Waals surface area contributed by atoms with Gasteiger partial charge in [-0.25, -0.2) is 0 Å². The fourth-order valence-electron chi connectivity index (χ4n) is 2.32. The Morgan fingerprint density at radius 2 is 2.18 bits per heavy atom. The van der Waals surface area contributed by atoms with E-state index in [1.165, 1.54) is 12.8 Å². The van der Waals surface area contributed by atoms with Crippen molar-refractivity contribution in [2.45, 2.75) is 36.6 Å². The van der Waals surface area contributed by atoms with Crippen LogP contribution in [0.2, 0.25) is 0 Å². The number of alkyl halides is 1. The van der Waals surface area contributed by atoms with Crippen LogP contribution in [0.5, 0.6) is 0 Å². The fourth-order valence-corrected chi connectivity index (χ4v) is 3.27. The van der Waals surface area contributed by atoms with Crippen LogP contribution in [0.1, 0.15) is 36.2 Å². The third kappa shape index (κ3) is 2.86. The Hall–Kier alpha value is -0.900. The molecule has 2 unspecified atom stereocenters. The van der Waals surface area contributed by atoms with Crippen LogP contribution in [0.15, 0.2) is 24.4 Å². The zero-order valence-electron chi connectivity index (χ0n) is 9.97. The highest BCUT2D eigenvalue weighted by Gasteiger charge is 2.29. The molecule has 1 fully saturated rings. The predicted molar refractivity (Wildman–Crippen MR) is 71.3 cm³/mol. The molecule has 92 valence electrons. The van der Waals surface area contributed by atoms with Gasteiger partial charge in [-0.2, -0.15) is 0 Å². The van der Waals surface area contributed by atoms with Gasteiger partial charge in [0.05, 0.1) is 0 Å². The lowest BCUT2D eigenvalue weighted by Crippen LogP contribution is -2.44. The average molecular weight is 297 g/mol. The van der Waals surface area contributed by atoms with Crippen LogP contribution in [0.3, 0.4) is 0 Å². The molecule has 2 rings (SSSR count). The molecule has 0 saturated heterocycles. The van der Waals surface area contributed by atoms with Crippen molar-refractivity contribution in [2.75, 3.05) is 7.05 Å². The van der Waals surface area contributed by atoms with Crippen LogP contribution in [0, 0.1) is 0 Å². The molecule has 17 heavy (non-hydrogen) atoms. The monoisotopic (exact) mass is 296 g/mol. The molecular weight excluding hydrogens is 280 g/mol. The van der Waals surface area contributed by atoms with E-state index in [1.807, 2.05) is 24.1 Å².